The van der Waals surface area contributed by atoms with E-state index in [1.54, 1.807) is 0 Å². The van der Waals surface area contributed by atoms with Crippen molar-refractivity contribution >= 4 is 53.5 Å². The highest BCUT2D eigenvalue weighted by Crippen LogP contribution is 2.38. The summed E-state index contributed by atoms with van der Waals surface area (Å²) in [6.07, 6.45) is 1.97. The molecule has 0 aliphatic heterocycles. The zero-order chi connectivity index (χ0) is 39.8. The van der Waals surface area contributed by atoms with E-state index in [9.17, 15) is 5.41 Å². The van der Waals surface area contributed by atoms with Crippen LogP contribution in [0.25, 0.3) is 33.4 Å². The van der Waals surface area contributed by atoms with Gasteiger partial charge in [0.05, 0.1) is 0 Å². The molecule has 9 rings (SSSR count). The average molecular weight is 794 g/mol. The van der Waals surface area contributed by atoms with E-state index in [-0.39, 0.29) is 5.84 Å². The number of rotatable bonds is 10. The average Bonchev–Trinajstić information content (AvgIpc) is 3.31. The van der Waals surface area contributed by atoms with Crippen LogP contribution < -0.4 is 37.3 Å². The lowest BCUT2D eigenvalue weighted by atomic mass is 10.0. The van der Waals surface area contributed by atoms with E-state index in [1.807, 2.05) is 54.7 Å². The minimum atomic E-state index is -0.858. The molecule has 0 aliphatic carbocycles. The van der Waals surface area contributed by atoms with Crippen LogP contribution in [0.2, 0.25) is 0 Å². The number of aromatic amines is 1. The van der Waals surface area contributed by atoms with Gasteiger partial charge in [-0.15, -0.1) is 0 Å². The molecule has 0 saturated heterocycles. The van der Waals surface area contributed by atoms with Gasteiger partial charge in [-0.3, -0.25) is 5.41 Å². The summed E-state index contributed by atoms with van der Waals surface area (Å²) in [4.78, 5) is 8.31. The van der Waals surface area contributed by atoms with Crippen molar-refractivity contribution in [2.75, 3.05) is 0 Å². The Morgan fingerprint density at radius 3 is 1.19 bits per heavy atom. The Hall–Kier alpha value is -6.76. The molecule has 282 valence electrons. The summed E-state index contributed by atoms with van der Waals surface area (Å²) in [5.41, 5.74) is 7.81. The van der Waals surface area contributed by atoms with E-state index in [0.29, 0.717) is 5.49 Å². The molecule has 9 aromatic rings. The molecule has 0 radical (unpaired) electrons. The monoisotopic (exact) mass is 793 g/mol. The third-order valence-corrected chi connectivity index (χ3v) is 15.1. The van der Waals surface area contributed by atoms with Crippen molar-refractivity contribution in [2.24, 2.45) is 4.99 Å². The Balaban J connectivity index is 1.15. The molecule has 0 saturated carbocycles. The molecule has 0 amide bonds. The maximum absolute atomic E-state index is 9.20. The van der Waals surface area contributed by atoms with Crippen molar-refractivity contribution in [3.05, 3.63) is 248 Å². The highest BCUT2D eigenvalue weighted by molar-refractivity contribution is 7.81. The van der Waals surface area contributed by atoms with Crippen LogP contribution in [0.4, 0.5) is 0 Å². The first-order valence-corrected chi connectivity index (χ1v) is 22.4. The van der Waals surface area contributed by atoms with Crippen molar-refractivity contribution in [3.63, 3.8) is 0 Å². The third kappa shape index (κ3) is 8.59. The smallest absolute Gasteiger partial charge is 0.154 e. The summed E-state index contributed by atoms with van der Waals surface area (Å²) in [7, 11) is -1.72. The van der Waals surface area contributed by atoms with Crippen molar-refractivity contribution in [3.8, 4) is 33.4 Å². The van der Waals surface area contributed by atoms with Gasteiger partial charge >= 0.3 is 0 Å². The topological polar surface area (TPSA) is 52.0 Å². The fraction of sp³-hybridized carbons (Fsp3) is 0. The number of benzene rings is 8. The maximum atomic E-state index is 9.20. The number of aromatic nitrogens is 1. The predicted octanol–water partition coefficient (Wildman–Crippen LogP) is 10.5. The van der Waals surface area contributed by atoms with Gasteiger partial charge in [-0.1, -0.05) is 206 Å². The molecule has 0 aliphatic rings. The Labute approximate surface area is 348 Å². The van der Waals surface area contributed by atoms with Gasteiger partial charge in [-0.25, -0.2) is 4.99 Å². The molecule has 2 N–H and O–H groups in total. The normalized spacial score (nSPS) is 11.5. The van der Waals surface area contributed by atoms with Gasteiger partial charge in [0.25, 0.3) is 0 Å². The Morgan fingerprint density at radius 1 is 0.356 bits per heavy atom. The van der Waals surface area contributed by atoms with Crippen molar-refractivity contribution < 1.29 is 0 Å². The molecule has 5 heteroatoms. The molecule has 0 unspecified atom stereocenters. The number of hydrogen-bond donors (Lipinski definition) is 2. The van der Waals surface area contributed by atoms with E-state index in [1.165, 1.54) is 31.8 Å². The summed E-state index contributed by atoms with van der Waals surface area (Å²) in [5.74, 6) is 0.195. The summed E-state index contributed by atoms with van der Waals surface area (Å²) in [6, 6.07) is 82.0. The second-order valence-electron chi connectivity index (χ2n) is 14.2. The fourth-order valence-electron chi connectivity index (χ4n) is 7.44. The first kappa shape index (κ1) is 37.8. The second kappa shape index (κ2) is 17.8. The van der Waals surface area contributed by atoms with Gasteiger partial charge in [0.1, 0.15) is 5.49 Å². The fourth-order valence-corrected chi connectivity index (χ4v) is 12.3. The first-order chi connectivity index (χ1) is 29.2. The number of hydrogen-bond acceptors (Lipinski definition) is 1. The molecule has 0 bridgehead atoms. The Bertz CT molecular complexity index is 2680. The standard InChI is InChI=1S/C54H41N3P2/c55-53(57-54-52(42-21-9-2-10-22-42)37-45(39-56-54)40-19-7-1-8-20-40)43-33-31-41(32-34-43)44-35-50(58(46-23-11-3-12-24-46)47-25-13-4-14-26-47)38-51(36-44)59(48-27-15-5-16-28-48)49-29-17-6-18-30-49/h1-39H,(H2,55,56,57). The zero-order valence-corrected chi connectivity index (χ0v) is 34.1. The lowest BCUT2D eigenvalue weighted by Crippen LogP contribution is -2.26. The zero-order valence-electron chi connectivity index (χ0n) is 32.4. The van der Waals surface area contributed by atoms with Crippen LogP contribution in [-0.2, 0) is 0 Å². The van der Waals surface area contributed by atoms with E-state index in [2.05, 4.69) is 187 Å². The third-order valence-electron chi connectivity index (χ3n) is 10.3. The van der Waals surface area contributed by atoms with Crippen LogP contribution in [0.1, 0.15) is 5.56 Å². The van der Waals surface area contributed by atoms with E-state index in [4.69, 9.17) is 4.99 Å². The molecule has 0 spiro atoms. The maximum Gasteiger partial charge on any atom is 0.154 e. The highest BCUT2D eigenvalue weighted by atomic mass is 31.1. The summed E-state index contributed by atoms with van der Waals surface area (Å²) in [6.45, 7) is 0. The molecule has 3 nitrogen and oxygen atoms in total. The summed E-state index contributed by atoms with van der Waals surface area (Å²) < 4.78 is 0. The minimum absolute atomic E-state index is 0.195. The van der Waals surface area contributed by atoms with Crippen molar-refractivity contribution in [1.29, 1.82) is 5.41 Å². The van der Waals surface area contributed by atoms with E-state index >= 15 is 0 Å². The Kier molecular flexibility index (Phi) is 11.4. The van der Waals surface area contributed by atoms with Crippen LogP contribution in [0, 0.1) is 5.41 Å². The quantitative estimate of drug-likeness (QED) is 0.0787. The lowest BCUT2D eigenvalue weighted by Gasteiger charge is -2.25. The van der Waals surface area contributed by atoms with Crippen LogP contribution in [0.5, 0.6) is 0 Å². The van der Waals surface area contributed by atoms with Crippen molar-refractivity contribution in [2.45, 2.75) is 0 Å². The van der Waals surface area contributed by atoms with Gasteiger partial charge in [0, 0.05) is 17.3 Å². The van der Waals surface area contributed by atoms with Gasteiger partial charge in [-0.2, -0.15) is 0 Å². The first-order valence-electron chi connectivity index (χ1n) is 19.7. The molecule has 0 atom stereocenters. The lowest BCUT2D eigenvalue weighted by molar-refractivity contribution is 1.16. The number of H-pyrrole nitrogens is 1. The van der Waals surface area contributed by atoms with Crippen LogP contribution in [-0.4, -0.2) is 10.8 Å². The van der Waals surface area contributed by atoms with Crippen LogP contribution >= 0.6 is 15.8 Å². The van der Waals surface area contributed by atoms with Crippen molar-refractivity contribution in [1.82, 2.24) is 4.98 Å². The molecule has 1 aromatic heterocycles. The molecule has 1 heterocycles. The molecule has 0 fully saturated rings. The van der Waals surface area contributed by atoms with Gasteiger partial charge in [0.2, 0.25) is 0 Å². The predicted molar refractivity (Wildman–Crippen MR) is 253 cm³/mol. The summed E-state index contributed by atoms with van der Waals surface area (Å²) in [5, 5.41) is 17.1. The number of amidine groups is 1. The molecule has 59 heavy (non-hydrogen) atoms. The van der Waals surface area contributed by atoms with E-state index < -0.39 is 15.8 Å². The van der Waals surface area contributed by atoms with Gasteiger partial charge < -0.3 is 4.98 Å². The summed E-state index contributed by atoms with van der Waals surface area (Å²) >= 11 is 0. The van der Waals surface area contributed by atoms with Gasteiger partial charge in [0.15, 0.2) is 5.84 Å². The molecule has 8 aromatic carbocycles. The number of pyridine rings is 1. The van der Waals surface area contributed by atoms with Crippen LogP contribution in [0.3, 0.4) is 0 Å². The largest absolute Gasteiger partial charge is 0.345 e. The minimum Gasteiger partial charge on any atom is -0.345 e. The Morgan fingerprint density at radius 2 is 0.746 bits per heavy atom. The second-order valence-corrected chi connectivity index (χ2v) is 18.6. The van der Waals surface area contributed by atoms with Crippen LogP contribution in [0.15, 0.2) is 242 Å². The van der Waals surface area contributed by atoms with E-state index in [0.717, 1.165) is 38.9 Å². The SMILES string of the molecule is N=C(/N=c1\[nH]cc(-c2ccccc2)cc1-c1ccccc1)c1ccc(-c2cc(P(c3ccccc3)c3ccccc3)cc(P(c3ccccc3)c3ccccc3)c2)cc1. The molecular weight excluding hydrogens is 753 g/mol. The van der Waals surface area contributed by atoms with Gasteiger partial charge in [-0.05, 0) is 99.8 Å². The number of nitrogens with zero attached hydrogens (tertiary/aromatic N) is 1. The number of nitrogens with one attached hydrogen (secondary N) is 2. The molecular formula is C54H41N3P2. The highest BCUT2D eigenvalue weighted by Gasteiger charge is 2.23.